The second-order valence-corrected chi connectivity index (χ2v) is 8.02. The van der Waals surface area contributed by atoms with E-state index in [0.717, 1.165) is 6.42 Å². The third-order valence-corrected chi connectivity index (χ3v) is 5.92. The number of rotatable bonds is 6. The Balaban J connectivity index is 2.08. The van der Waals surface area contributed by atoms with Crippen LogP contribution in [0.1, 0.15) is 49.8 Å². The first-order valence-electron chi connectivity index (χ1n) is 7.62. The van der Waals surface area contributed by atoms with E-state index in [9.17, 15) is 8.42 Å². The fourth-order valence-electron chi connectivity index (χ4n) is 3.00. The largest absolute Gasteiger partial charge is 0.353 e. The summed E-state index contributed by atoms with van der Waals surface area (Å²) in [4.78, 5) is 0. The van der Waals surface area contributed by atoms with Crippen molar-refractivity contribution in [2.24, 2.45) is 0 Å². The van der Waals surface area contributed by atoms with E-state index in [0.29, 0.717) is 24.8 Å². The van der Waals surface area contributed by atoms with Crippen LogP contribution in [0, 0.1) is 0 Å². The molecule has 1 atom stereocenters. The lowest BCUT2D eigenvalue weighted by atomic mass is 10.1. The minimum atomic E-state index is -2.89. The van der Waals surface area contributed by atoms with E-state index in [2.05, 4.69) is 22.3 Å². The van der Waals surface area contributed by atoms with Gasteiger partial charge in [-0.25, -0.2) is 8.42 Å². The Morgan fingerprint density at radius 3 is 2.80 bits per heavy atom. The van der Waals surface area contributed by atoms with E-state index < -0.39 is 9.84 Å². The molecule has 0 aliphatic heterocycles. The summed E-state index contributed by atoms with van der Waals surface area (Å²) in [5.41, 5.74) is 2.74. The zero-order valence-corrected chi connectivity index (χ0v) is 13.4. The van der Waals surface area contributed by atoms with Crippen molar-refractivity contribution in [2.75, 3.05) is 18.6 Å². The molecule has 0 fully saturated rings. The number of hydrogen-bond donors (Lipinski definition) is 1. The molecule has 0 saturated heterocycles. The molecule has 1 aromatic heterocycles. The quantitative estimate of drug-likeness (QED) is 0.820. The normalized spacial score (nSPS) is 19.6. The molecule has 114 valence electrons. The zero-order valence-electron chi connectivity index (χ0n) is 12.6. The minimum Gasteiger partial charge on any atom is -0.353 e. The third-order valence-electron chi connectivity index (χ3n) is 4.09. The maximum absolute atomic E-state index is 11.8. The van der Waals surface area contributed by atoms with Gasteiger partial charge in [-0.2, -0.15) is 0 Å². The average Bonchev–Trinajstić information content (AvgIpc) is 2.71. The molecule has 1 heterocycles. The second kappa shape index (κ2) is 6.76. The van der Waals surface area contributed by atoms with Gasteiger partial charge in [-0.15, -0.1) is 0 Å². The van der Waals surface area contributed by atoms with E-state index >= 15 is 0 Å². The van der Waals surface area contributed by atoms with Gasteiger partial charge in [-0.1, -0.05) is 13.3 Å². The first kappa shape index (κ1) is 15.6. The van der Waals surface area contributed by atoms with Gasteiger partial charge in [-0.05, 0) is 43.9 Å². The summed E-state index contributed by atoms with van der Waals surface area (Å²) in [6.07, 6.45) is 9.75. The molecule has 1 aromatic rings. The van der Waals surface area contributed by atoms with Crippen LogP contribution < -0.4 is 5.32 Å². The Labute approximate surface area is 122 Å². The third kappa shape index (κ3) is 3.85. The Morgan fingerprint density at radius 1 is 1.30 bits per heavy atom. The second-order valence-electron chi connectivity index (χ2n) is 5.72. The summed E-state index contributed by atoms with van der Waals surface area (Å²) in [7, 11) is -0.891. The highest BCUT2D eigenvalue weighted by Crippen LogP contribution is 2.29. The molecule has 1 N–H and O–H groups in total. The van der Waals surface area contributed by atoms with Gasteiger partial charge in [0.1, 0.15) is 0 Å². The van der Waals surface area contributed by atoms with E-state index in [1.807, 2.05) is 14.0 Å². The first-order chi connectivity index (χ1) is 9.55. The lowest BCUT2D eigenvalue weighted by Gasteiger charge is -2.13. The van der Waals surface area contributed by atoms with Crippen molar-refractivity contribution in [1.82, 2.24) is 9.88 Å². The summed E-state index contributed by atoms with van der Waals surface area (Å²) in [5, 5.41) is 3.37. The molecule has 1 aliphatic carbocycles. The van der Waals surface area contributed by atoms with Crippen LogP contribution in [-0.4, -0.2) is 31.5 Å². The lowest BCUT2D eigenvalue weighted by Crippen LogP contribution is -2.16. The topological polar surface area (TPSA) is 51.1 Å². The zero-order chi connectivity index (χ0) is 14.6. The highest BCUT2D eigenvalue weighted by molar-refractivity contribution is 7.91. The molecule has 1 aliphatic rings. The van der Waals surface area contributed by atoms with Crippen molar-refractivity contribution >= 4 is 9.84 Å². The Kier molecular flexibility index (Phi) is 5.27. The Hall–Kier alpha value is -0.810. The van der Waals surface area contributed by atoms with E-state index in [1.165, 1.54) is 30.4 Å². The molecule has 0 radical (unpaired) electrons. The molecule has 4 nitrogen and oxygen atoms in total. The fraction of sp³-hybridized carbons (Fsp3) is 0.733. The molecule has 0 aromatic carbocycles. The predicted octanol–water partition coefficient (Wildman–Crippen LogP) is 2.30. The molecule has 2 rings (SSSR count). The maximum Gasteiger partial charge on any atom is 0.152 e. The van der Waals surface area contributed by atoms with Crippen LogP contribution in [0.2, 0.25) is 0 Å². The van der Waals surface area contributed by atoms with E-state index in [1.54, 1.807) is 0 Å². The molecule has 0 spiro atoms. The highest BCUT2D eigenvalue weighted by atomic mass is 32.2. The summed E-state index contributed by atoms with van der Waals surface area (Å²) < 4.78 is 25.7. The number of aryl methyl sites for hydroxylation is 2. The van der Waals surface area contributed by atoms with E-state index in [-0.39, 0.29) is 5.75 Å². The molecule has 0 amide bonds. The van der Waals surface area contributed by atoms with Crippen LogP contribution in [-0.2, 0) is 22.8 Å². The standard InChI is InChI=1S/C15H26N2O2S/c1-3-9-20(18,19)10-8-17-11-13-6-4-5-7-15(16-2)14(13)12-17/h11-12,15-16H,3-10H2,1-2H3. The molecular formula is C15H26N2O2S. The van der Waals surface area contributed by atoms with Gasteiger partial charge in [-0.3, -0.25) is 0 Å². The van der Waals surface area contributed by atoms with Crippen LogP contribution >= 0.6 is 0 Å². The van der Waals surface area contributed by atoms with Gasteiger partial charge in [0.05, 0.1) is 5.75 Å². The van der Waals surface area contributed by atoms with Crippen molar-refractivity contribution in [3.63, 3.8) is 0 Å². The van der Waals surface area contributed by atoms with Crippen LogP contribution in [0.15, 0.2) is 12.4 Å². The molecule has 1 unspecified atom stereocenters. The molecule has 0 bridgehead atoms. The number of hydrogen-bond acceptors (Lipinski definition) is 3. The Bertz CT molecular complexity index is 534. The van der Waals surface area contributed by atoms with Gasteiger partial charge < -0.3 is 9.88 Å². The number of fused-ring (bicyclic) bond motifs is 1. The van der Waals surface area contributed by atoms with Gasteiger partial charge in [0.2, 0.25) is 0 Å². The molecular weight excluding hydrogens is 272 g/mol. The fourth-order valence-corrected chi connectivity index (χ4v) is 4.32. The highest BCUT2D eigenvalue weighted by Gasteiger charge is 2.19. The monoisotopic (exact) mass is 298 g/mol. The van der Waals surface area contributed by atoms with Crippen molar-refractivity contribution in [3.05, 3.63) is 23.5 Å². The summed E-state index contributed by atoms with van der Waals surface area (Å²) in [6, 6.07) is 0.418. The number of nitrogens with one attached hydrogen (secondary N) is 1. The lowest BCUT2D eigenvalue weighted by molar-refractivity contribution is 0.530. The summed E-state index contributed by atoms with van der Waals surface area (Å²) >= 11 is 0. The van der Waals surface area contributed by atoms with Crippen LogP contribution in [0.25, 0.3) is 0 Å². The number of nitrogens with zero attached hydrogens (tertiary/aromatic N) is 1. The molecule has 0 saturated carbocycles. The van der Waals surface area contributed by atoms with Crippen LogP contribution in [0.4, 0.5) is 0 Å². The van der Waals surface area contributed by atoms with Gasteiger partial charge in [0, 0.05) is 30.7 Å². The smallest absolute Gasteiger partial charge is 0.152 e. The Morgan fingerprint density at radius 2 is 2.10 bits per heavy atom. The van der Waals surface area contributed by atoms with Crippen LogP contribution in [0.3, 0.4) is 0 Å². The summed E-state index contributed by atoms with van der Waals surface area (Å²) in [5.74, 6) is 0.547. The molecule has 20 heavy (non-hydrogen) atoms. The van der Waals surface area contributed by atoms with Crippen LogP contribution in [0.5, 0.6) is 0 Å². The van der Waals surface area contributed by atoms with Gasteiger partial charge in [0.25, 0.3) is 0 Å². The van der Waals surface area contributed by atoms with Gasteiger partial charge >= 0.3 is 0 Å². The van der Waals surface area contributed by atoms with E-state index in [4.69, 9.17) is 0 Å². The van der Waals surface area contributed by atoms with Crippen molar-refractivity contribution in [2.45, 2.75) is 51.6 Å². The van der Waals surface area contributed by atoms with Crippen molar-refractivity contribution < 1.29 is 8.42 Å². The van der Waals surface area contributed by atoms with Crippen molar-refractivity contribution in [1.29, 1.82) is 0 Å². The first-order valence-corrected chi connectivity index (χ1v) is 9.44. The van der Waals surface area contributed by atoms with Crippen molar-refractivity contribution in [3.8, 4) is 0 Å². The number of sulfone groups is 1. The predicted molar refractivity (Wildman–Crippen MR) is 82.7 cm³/mol. The molecule has 5 heteroatoms. The maximum atomic E-state index is 11.8. The summed E-state index contributed by atoms with van der Waals surface area (Å²) in [6.45, 7) is 2.48. The average molecular weight is 298 g/mol. The SMILES string of the molecule is CCCS(=O)(=O)CCn1cc2c(c1)C(NC)CCCC2. The minimum absolute atomic E-state index is 0.249. The number of aromatic nitrogens is 1. The van der Waals surface area contributed by atoms with Gasteiger partial charge in [0.15, 0.2) is 9.84 Å².